The normalized spacial score (nSPS) is 14.4. The van der Waals surface area contributed by atoms with Crippen LogP contribution in [0, 0.1) is 0 Å². The molecule has 0 aliphatic carbocycles. The highest BCUT2D eigenvalue weighted by atomic mass is 19.4. The van der Waals surface area contributed by atoms with E-state index in [1.165, 1.54) is 26.4 Å². The molecule has 9 heteroatoms. The van der Waals surface area contributed by atoms with Gasteiger partial charge < -0.3 is 24.4 Å². The molecule has 0 radical (unpaired) electrons. The number of hydrogen-bond acceptors (Lipinski definition) is 5. The second-order valence-corrected chi connectivity index (χ2v) is 6.35. The summed E-state index contributed by atoms with van der Waals surface area (Å²) in [6, 6.07) is 7.96. The average Bonchev–Trinajstić information content (AvgIpc) is 2.73. The van der Waals surface area contributed by atoms with Crippen LogP contribution in [0.1, 0.15) is 15.9 Å². The van der Waals surface area contributed by atoms with E-state index in [4.69, 9.17) is 14.2 Å². The van der Waals surface area contributed by atoms with Gasteiger partial charge in [0, 0.05) is 13.1 Å². The molecule has 1 fully saturated rings. The Morgan fingerprint density at radius 1 is 1.07 bits per heavy atom. The van der Waals surface area contributed by atoms with Crippen molar-refractivity contribution in [1.29, 1.82) is 0 Å². The van der Waals surface area contributed by atoms with E-state index in [1.807, 2.05) is 4.90 Å². The van der Waals surface area contributed by atoms with Crippen LogP contribution < -0.4 is 19.7 Å². The largest absolute Gasteiger partial charge is 0.497 e. The number of alkyl halides is 3. The van der Waals surface area contributed by atoms with Crippen LogP contribution >= 0.6 is 0 Å². The van der Waals surface area contributed by atoms with Gasteiger partial charge in [0.05, 0.1) is 49.9 Å². The van der Waals surface area contributed by atoms with Crippen molar-refractivity contribution in [2.45, 2.75) is 6.18 Å². The summed E-state index contributed by atoms with van der Waals surface area (Å²) in [7, 11) is 2.86. The van der Waals surface area contributed by atoms with Crippen LogP contribution in [0.3, 0.4) is 0 Å². The average molecular weight is 410 g/mol. The summed E-state index contributed by atoms with van der Waals surface area (Å²) in [5.74, 6) is 0.103. The van der Waals surface area contributed by atoms with Gasteiger partial charge in [0.25, 0.3) is 5.91 Å². The number of halogens is 3. The summed E-state index contributed by atoms with van der Waals surface area (Å²) in [5.41, 5.74) is -0.132. The molecule has 0 saturated carbocycles. The number of rotatable bonds is 5. The maximum Gasteiger partial charge on any atom is 0.416 e. The minimum Gasteiger partial charge on any atom is -0.497 e. The van der Waals surface area contributed by atoms with Crippen LogP contribution in [-0.2, 0) is 10.9 Å². The van der Waals surface area contributed by atoms with Gasteiger partial charge in [-0.25, -0.2) is 0 Å². The smallest absolute Gasteiger partial charge is 0.416 e. The minimum absolute atomic E-state index is 0.0663. The number of nitrogens with zero attached hydrogens (tertiary/aromatic N) is 1. The van der Waals surface area contributed by atoms with E-state index in [9.17, 15) is 18.0 Å². The number of carbonyl (C=O) groups excluding carboxylic acids is 1. The van der Waals surface area contributed by atoms with Gasteiger partial charge in [-0.2, -0.15) is 13.2 Å². The molecule has 156 valence electrons. The van der Waals surface area contributed by atoms with E-state index in [2.05, 4.69) is 5.32 Å². The van der Waals surface area contributed by atoms with E-state index < -0.39 is 17.6 Å². The second-order valence-electron chi connectivity index (χ2n) is 6.35. The van der Waals surface area contributed by atoms with Crippen LogP contribution in [0.5, 0.6) is 11.5 Å². The lowest BCUT2D eigenvalue weighted by Crippen LogP contribution is -2.36. The first-order valence-electron chi connectivity index (χ1n) is 8.91. The number of ether oxygens (including phenoxy) is 3. The third-order valence-electron chi connectivity index (χ3n) is 4.58. The molecule has 1 aliphatic rings. The number of hydrogen-bond donors (Lipinski definition) is 1. The van der Waals surface area contributed by atoms with Crippen molar-refractivity contribution in [3.8, 4) is 11.5 Å². The lowest BCUT2D eigenvalue weighted by molar-refractivity contribution is -0.137. The Bertz CT molecular complexity index is 881. The van der Waals surface area contributed by atoms with E-state index >= 15 is 0 Å². The van der Waals surface area contributed by atoms with Gasteiger partial charge in [0.2, 0.25) is 0 Å². The van der Waals surface area contributed by atoms with E-state index in [-0.39, 0.29) is 17.0 Å². The summed E-state index contributed by atoms with van der Waals surface area (Å²) in [4.78, 5) is 14.8. The Morgan fingerprint density at radius 2 is 1.79 bits per heavy atom. The molecule has 0 aromatic heterocycles. The Balaban J connectivity index is 1.98. The zero-order valence-electron chi connectivity index (χ0n) is 16.0. The topological polar surface area (TPSA) is 60.0 Å². The number of methoxy groups -OCH3 is 2. The monoisotopic (exact) mass is 410 g/mol. The van der Waals surface area contributed by atoms with Gasteiger partial charge in [-0.3, -0.25) is 4.79 Å². The molecule has 0 unspecified atom stereocenters. The van der Waals surface area contributed by atoms with Crippen LogP contribution in [0.15, 0.2) is 36.4 Å². The lowest BCUT2D eigenvalue weighted by atomic mass is 10.1. The predicted molar refractivity (Wildman–Crippen MR) is 102 cm³/mol. The Hall–Kier alpha value is -2.94. The molecule has 1 amide bonds. The third kappa shape index (κ3) is 4.73. The molecule has 0 spiro atoms. The molecule has 3 rings (SSSR count). The molecular weight excluding hydrogens is 389 g/mol. The third-order valence-corrected chi connectivity index (χ3v) is 4.58. The fourth-order valence-electron chi connectivity index (χ4n) is 3.07. The van der Waals surface area contributed by atoms with Gasteiger partial charge in [0.15, 0.2) is 0 Å². The number of nitrogens with one attached hydrogen (secondary N) is 1. The summed E-state index contributed by atoms with van der Waals surface area (Å²) < 4.78 is 55.4. The Kier molecular flexibility index (Phi) is 6.17. The fraction of sp³-hybridized carbons (Fsp3) is 0.350. The van der Waals surface area contributed by atoms with Crippen molar-refractivity contribution < 1.29 is 32.2 Å². The van der Waals surface area contributed by atoms with E-state index in [0.29, 0.717) is 37.7 Å². The maximum absolute atomic E-state index is 13.2. The first-order valence-corrected chi connectivity index (χ1v) is 8.91. The molecule has 1 heterocycles. The van der Waals surface area contributed by atoms with Crippen molar-refractivity contribution in [1.82, 2.24) is 0 Å². The first-order chi connectivity index (χ1) is 13.8. The zero-order valence-corrected chi connectivity index (χ0v) is 16.0. The van der Waals surface area contributed by atoms with Crippen molar-refractivity contribution in [2.75, 3.05) is 50.7 Å². The second kappa shape index (κ2) is 8.60. The van der Waals surface area contributed by atoms with Crippen LogP contribution in [0.25, 0.3) is 0 Å². The molecule has 6 nitrogen and oxygen atoms in total. The molecule has 0 atom stereocenters. The highest BCUT2D eigenvalue weighted by molar-refractivity contribution is 6.08. The summed E-state index contributed by atoms with van der Waals surface area (Å²) in [6.45, 7) is 1.93. The first kappa shape index (κ1) is 20.8. The Morgan fingerprint density at radius 3 is 2.41 bits per heavy atom. The maximum atomic E-state index is 13.2. The quantitative estimate of drug-likeness (QED) is 0.812. The Labute approximate surface area is 166 Å². The van der Waals surface area contributed by atoms with Crippen LogP contribution in [0.4, 0.5) is 24.5 Å². The SMILES string of the molecule is COc1ccc(OC)c(C(=O)Nc2cc(C(F)(F)F)ccc2N2CCOCC2)c1. The molecule has 1 saturated heterocycles. The van der Waals surface area contributed by atoms with Crippen molar-refractivity contribution in [3.63, 3.8) is 0 Å². The van der Waals surface area contributed by atoms with E-state index in [0.717, 1.165) is 12.1 Å². The number of anilines is 2. The number of carbonyl (C=O) groups is 1. The summed E-state index contributed by atoms with van der Waals surface area (Å²) in [6.07, 6.45) is -4.53. The summed E-state index contributed by atoms with van der Waals surface area (Å²) in [5, 5.41) is 2.61. The number of morpholine rings is 1. The molecule has 2 aromatic rings. The van der Waals surface area contributed by atoms with Crippen molar-refractivity contribution in [2.24, 2.45) is 0 Å². The van der Waals surface area contributed by atoms with Gasteiger partial charge in [-0.15, -0.1) is 0 Å². The van der Waals surface area contributed by atoms with Crippen molar-refractivity contribution >= 4 is 17.3 Å². The minimum atomic E-state index is -4.53. The van der Waals surface area contributed by atoms with Crippen LogP contribution in [-0.4, -0.2) is 46.4 Å². The zero-order chi connectivity index (χ0) is 21.0. The molecule has 0 bridgehead atoms. The number of benzene rings is 2. The predicted octanol–water partition coefficient (Wildman–Crippen LogP) is 3.81. The van der Waals surface area contributed by atoms with Gasteiger partial charge in [0.1, 0.15) is 11.5 Å². The summed E-state index contributed by atoms with van der Waals surface area (Å²) >= 11 is 0. The van der Waals surface area contributed by atoms with Crippen molar-refractivity contribution in [3.05, 3.63) is 47.5 Å². The van der Waals surface area contributed by atoms with E-state index in [1.54, 1.807) is 12.1 Å². The molecule has 1 aliphatic heterocycles. The van der Waals surface area contributed by atoms with Gasteiger partial charge >= 0.3 is 6.18 Å². The molecule has 29 heavy (non-hydrogen) atoms. The van der Waals surface area contributed by atoms with Gasteiger partial charge in [-0.05, 0) is 36.4 Å². The highest BCUT2D eigenvalue weighted by Gasteiger charge is 2.32. The molecular formula is C20H21F3N2O4. The highest BCUT2D eigenvalue weighted by Crippen LogP contribution is 2.36. The van der Waals surface area contributed by atoms with Crippen LogP contribution in [0.2, 0.25) is 0 Å². The molecule has 2 aromatic carbocycles. The lowest BCUT2D eigenvalue weighted by Gasteiger charge is -2.31. The fourth-order valence-corrected chi connectivity index (χ4v) is 3.07. The van der Waals surface area contributed by atoms with Gasteiger partial charge in [-0.1, -0.05) is 0 Å². The number of amides is 1. The molecule has 1 N–H and O–H groups in total. The standard InChI is InChI=1S/C20H21F3N2O4/c1-27-14-4-6-18(28-2)15(12-14)19(26)24-16-11-13(20(21,22)23)3-5-17(16)25-7-9-29-10-8-25/h3-6,11-12H,7-10H2,1-2H3,(H,24,26).